The third-order valence-corrected chi connectivity index (χ3v) is 4.99. The van der Waals surface area contributed by atoms with Crippen LogP contribution in [0.1, 0.15) is 10.4 Å². The largest absolute Gasteiger partial charge is 0.477 e. The zero-order chi connectivity index (χ0) is 21.4. The van der Waals surface area contributed by atoms with Gasteiger partial charge in [0.2, 0.25) is 5.43 Å². The highest BCUT2D eigenvalue weighted by Gasteiger charge is 2.21. The smallest absolute Gasteiger partial charge is 0.341 e. The normalized spacial score (nSPS) is 14.1. The van der Waals surface area contributed by atoms with Crippen molar-refractivity contribution in [1.82, 2.24) is 4.57 Å². The third kappa shape index (κ3) is 3.37. The number of fused-ring (bicyclic) bond motifs is 1. The summed E-state index contributed by atoms with van der Waals surface area (Å²) in [5, 5.41) is 20.3. The van der Waals surface area contributed by atoms with Crippen LogP contribution < -0.4 is 10.3 Å². The average Bonchev–Trinajstić information content (AvgIpc) is 2.74. The summed E-state index contributed by atoms with van der Waals surface area (Å²) in [5.41, 5.74) is -0.511. The van der Waals surface area contributed by atoms with Crippen molar-refractivity contribution in [2.75, 3.05) is 31.2 Å². The number of morpholine rings is 1. The van der Waals surface area contributed by atoms with Gasteiger partial charge in [0, 0.05) is 42.5 Å². The lowest BCUT2D eigenvalue weighted by Gasteiger charge is -2.29. The van der Waals surface area contributed by atoms with Crippen molar-refractivity contribution in [3.05, 3.63) is 74.3 Å². The van der Waals surface area contributed by atoms with Crippen molar-refractivity contribution in [2.24, 2.45) is 0 Å². The molecule has 1 saturated heterocycles. The second kappa shape index (κ2) is 7.56. The molecule has 1 aliphatic heterocycles. The highest BCUT2D eigenvalue weighted by atomic mass is 19.1. The molecule has 0 bridgehead atoms. The summed E-state index contributed by atoms with van der Waals surface area (Å²) in [6, 6.07) is 7.94. The van der Waals surface area contributed by atoms with Crippen LogP contribution in [0.25, 0.3) is 16.6 Å². The first kappa shape index (κ1) is 19.5. The molecule has 0 aliphatic carbocycles. The lowest BCUT2D eigenvalue weighted by Crippen LogP contribution is -2.36. The molecule has 0 spiro atoms. The highest BCUT2D eigenvalue weighted by molar-refractivity contribution is 5.94. The molecule has 0 radical (unpaired) electrons. The Balaban J connectivity index is 1.98. The summed E-state index contributed by atoms with van der Waals surface area (Å²) in [4.78, 5) is 36.4. The van der Waals surface area contributed by atoms with E-state index in [-0.39, 0.29) is 16.8 Å². The molecular weight excluding hydrogens is 397 g/mol. The van der Waals surface area contributed by atoms with Gasteiger partial charge in [-0.2, -0.15) is 0 Å². The van der Waals surface area contributed by atoms with E-state index < -0.39 is 27.7 Å². The minimum atomic E-state index is -1.45. The molecule has 1 N–H and O–H groups in total. The molecular formula is C20H16FN3O6. The lowest BCUT2D eigenvalue weighted by molar-refractivity contribution is -0.384. The maximum absolute atomic E-state index is 14.8. The van der Waals surface area contributed by atoms with Gasteiger partial charge in [-0.3, -0.25) is 14.9 Å². The standard InChI is InChI=1S/C20H16FN3O6/c21-16-9-14-17(10-18(16)22-5-7-30-8-6-22)23(11-15(19(14)25)20(26)27)12-1-3-13(4-2-12)24(28)29/h1-4,9-11H,5-8H2,(H,26,27). The van der Waals surface area contributed by atoms with Gasteiger partial charge in [0.1, 0.15) is 11.4 Å². The minimum Gasteiger partial charge on any atom is -0.477 e. The molecule has 0 unspecified atom stereocenters. The number of carbonyl (C=O) groups is 1. The Bertz CT molecular complexity index is 1220. The Kier molecular flexibility index (Phi) is 4.92. The maximum Gasteiger partial charge on any atom is 0.341 e. The molecule has 1 aromatic heterocycles. The number of halogens is 1. The van der Waals surface area contributed by atoms with Crippen LogP contribution in [0, 0.1) is 15.9 Å². The fraction of sp³-hybridized carbons (Fsp3) is 0.200. The fourth-order valence-electron chi connectivity index (χ4n) is 3.48. The molecule has 1 aliphatic rings. The Hall–Kier alpha value is -3.79. The number of hydrogen-bond donors (Lipinski definition) is 1. The predicted octanol–water partition coefficient (Wildman–Crippen LogP) is 2.57. The molecule has 30 heavy (non-hydrogen) atoms. The molecule has 2 heterocycles. The van der Waals surface area contributed by atoms with Gasteiger partial charge in [0.25, 0.3) is 5.69 Å². The number of carboxylic acid groups (broad SMARTS) is 1. The van der Waals surface area contributed by atoms with Crippen LogP contribution in [-0.4, -0.2) is 46.9 Å². The van der Waals surface area contributed by atoms with E-state index in [0.717, 1.165) is 12.3 Å². The monoisotopic (exact) mass is 413 g/mol. The predicted molar refractivity (Wildman–Crippen MR) is 106 cm³/mol. The highest BCUT2D eigenvalue weighted by Crippen LogP contribution is 2.28. The number of aromatic carboxylic acids is 1. The summed E-state index contributed by atoms with van der Waals surface area (Å²) in [6.45, 7) is 1.81. The average molecular weight is 413 g/mol. The van der Waals surface area contributed by atoms with Crippen LogP contribution in [-0.2, 0) is 4.74 Å². The van der Waals surface area contributed by atoms with E-state index in [1.54, 1.807) is 4.90 Å². The Morgan fingerprint density at radius 2 is 1.83 bits per heavy atom. The van der Waals surface area contributed by atoms with E-state index in [9.17, 15) is 29.2 Å². The fourth-order valence-corrected chi connectivity index (χ4v) is 3.48. The van der Waals surface area contributed by atoms with Crippen molar-refractivity contribution in [1.29, 1.82) is 0 Å². The third-order valence-electron chi connectivity index (χ3n) is 4.99. The molecule has 9 nitrogen and oxygen atoms in total. The second-order valence-corrected chi connectivity index (χ2v) is 6.74. The van der Waals surface area contributed by atoms with Gasteiger partial charge in [-0.25, -0.2) is 9.18 Å². The van der Waals surface area contributed by atoms with E-state index in [1.807, 2.05) is 0 Å². The first-order chi connectivity index (χ1) is 14.4. The van der Waals surface area contributed by atoms with Crippen LogP contribution in [0.4, 0.5) is 15.8 Å². The maximum atomic E-state index is 14.8. The van der Waals surface area contributed by atoms with Gasteiger partial charge in [-0.15, -0.1) is 0 Å². The Labute approximate surface area is 168 Å². The molecule has 0 saturated carbocycles. The number of nitro benzene ring substituents is 1. The number of hydrogen-bond acceptors (Lipinski definition) is 6. The van der Waals surface area contributed by atoms with E-state index in [4.69, 9.17) is 4.74 Å². The molecule has 3 aromatic rings. The number of anilines is 1. The second-order valence-electron chi connectivity index (χ2n) is 6.74. The molecule has 2 aromatic carbocycles. The number of nitrogens with zero attached hydrogens (tertiary/aromatic N) is 3. The summed E-state index contributed by atoms with van der Waals surface area (Å²) >= 11 is 0. The van der Waals surface area contributed by atoms with Crippen LogP contribution in [0.3, 0.4) is 0 Å². The zero-order valence-corrected chi connectivity index (χ0v) is 15.6. The van der Waals surface area contributed by atoms with Crippen LogP contribution >= 0.6 is 0 Å². The zero-order valence-electron chi connectivity index (χ0n) is 15.6. The number of benzene rings is 2. The summed E-state index contributed by atoms with van der Waals surface area (Å²) in [5.74, 6) is -2.09. The van der Waals surface area contributed by atoms with Crippen molar-refractivity contribution in [3.8, 4) is 5.69 Å². The van der Waals surface area contributed by atoms with E-state index in [1.165, 1.54) is 34.9 Å². The van der Waals surface area contributed by atoms with E-state index in [2.05, 4.69) is 0 Å². The topological polar surface area (TPSA) is 115 Å². The van der Waals surface area contributed by atoms with Gasteiger partial charge in [-0.05, 0) is 24.3 Å². The SMILES string of the molecule is O=C(O)c1cn(-c2ccc([N+](=O)[O-])cc2)c2cc(N3CCOCC3)c(F)cc2c1=O. The van der Waals surface area contributed by atoms with Crippen molar-refractivity contribution in [3.63, 3.8) is 0 Å². The van der Waals surface area contributed by atoms with Gasteiger partial charge < -0.3 is 19.3 Å². The van der Waals surface area contributed by atoms with Gasteiger partial charge in [0.15, 0.2) is 0 Å². The number of aromatic nitrogens is 1. The first-order valence-corrected chi connectivity index (χ1v) is 9.06. The van der Waals surface area contributed by atoms with Crippen LogP contribution in [0.2, 0.25) is 0 Å². The van der Waals surface area contributed by atoms with Crippen molar-refractivity contribution in [2.45, 2.75) is 0 Å². The number of ether oxygens (including phenoxy) is 1. The van der Waals surface area contributed by atoms with Crippen molar-refractivity contribution < 1.29 is 24.0 Å². The number of carboxylic acids is 1. The molecule has 154 valence electrons. The molecule has 0 amide bonds. The Morgan fingerprint density at radius 3 is 2.43 bits per heavy atom. The molecule has 4 rings (SSSR count). The molecule has 1 fully saturated rings. The van der Waals surface area contributed by atoms with Gasteiger partial charge in [0.05, 0.1) is 29.3 Å². The number of non-ortho nitro benzene ring substituents is 1. The summed E-state index contributed by atoms with van der Waals surface area (Å²) in [6.07, 6.45) is 1.15. The first-order valence-electron chi connectivity index (χ1n) is 9.06. The van der Waals surface area contributed by atoms with E-state index in [0.29, 0.717) is 37.5 Å². The van der Waals surface area contributed by atoms with Gasteiger partial charge in [-0.1, -0.05) is 0 Å². The number of rotatable bonds is 4. The number of pyridine rings is 1. The van der Waals surface area contributed by atoms with Crippen LogP contribution in [0.5, 0.6) is 0 Å². The van der Waals surface area contributed by atoms with Crippen LogP contribution in [0.15, 0.2) is 47.4 Å². The molecule has 0 atom stereocenters. The summed E-state index contributed by atoms with van der Waals surface area (Å²) < 4.78 is 21.6. The molecule has 10 heteroatoms. The van der Waals surface area contributed by atoms with Crippen molar-refractivity contribution >= 4 is 28.2 Å². The lowest BCUT2D eigenvalue weighted by atomic mass is 10.1. The van der Waals surface area contributed by atoms with E-state index >= 15 is 0 Å². The van der Waals surface area contributed by atoms with Gasteiger partial charge >= 0.3 is 5.97 Å². The summed E-state index contributed by atoms with van der Waals surface area (Å²) in [7, 11) is 0. The Morgan fingerprint density at radius 1 is 1.17 bits per heavy atom. The minimum absolute atomic E-state index is 0.0947. The quantitative estimate of drug-likeness (QED) is 0.516. The number of nitro groups is 1.